The molecule has 0 bridgehead atoms. The van der Waals surface area contributed by atoms with E-state index in [-0.39, 0.29) is 28.7 Å². The topological polar surface area (TPSA) is 96.9 Å². The molecular formula is C25H38N2O5. The van der Waals surface area contributed by atoms with Gasteiger partial charge in [0.05, 0.1) is 5.56 Å². The van der Waals surface area contributed by atoms with Crippen LogP contribution < -0.4 is 15.4 Å². The van der Waals surface area contributed by atoms with Crippen LogP contribution in [-0.4, -0.2) is 41.4 Å². The summed E-state index contributed by atoms with van der Waals surface area (Å²) in [4.78, 5) is 24.4. The maximum Gasteiger partial charge on any atom is 0.407 e. The first-order valence-electron chi connectivity index (χ1n) is 11.7. The molecule has 0 saturated heterocycles. The lowest BCUT2D eigenvalue weighted by atomic mass is 9.64. The molecule has 3 atom stereocenters. The summed E-state index contributed by atoms with van der Waals surface area (Å²) in [5.74, 6) is 1.46. The first-order chi connectivity index (χ1) is 14.9. The predicted octanol–water partition coefficient (Wildman–Crippen LogP) is 4.73. The van der Waals surface area contributed by atoms with E-state index in [2.05, 4.69) is 31.4 Å². The third-order valence-electron chi connectivity index (χ3n) is 6.48. The fourth-order valence-corrected chi connectivity index (χ4v) is 5.00. The van der Waals surface area contributed by atoms with Gasteiger partial charge in [-0.2, -0.15) is 0 Å². The predicted molar refractivity (Wildman–Crippen MR) is 123 cm³/mol. The third kappa shape index (κ3) is 5.48. The Morgan fingerprint density at radius 2 is 1.88 bits per heavy atom. The van der Waals surface area contributed by atoms with Crippen molar-refractivity contribution >= 4 is 12.0 Å². The zero-order chi connectivity index (χ0) is 23.7. The van der Waals surface area contributed by atoms with Crippen molar-refractivity contribution < 1.29 is 24.2 Å². The van der Waals surface area contributed by atoms with Gasteiger partial charge in [0, 0.05) is 24.6 Å². The van der Waals surface area contributed by atoms with Gasteiger partial charge in [0.1, 0.15) is 22.7 Å². The summed E-state index contributed by atoms with van der Waals surface area (Å²) < 4.78 is 11.5. The largest absolute Gasteiger partial charge is 0.507 e. The number of phenols is 1. The summed E-state index contributed by atoms with van der Waals surface area (Å²) in [5, 5.41) is 16.6. The Morgan fingerprint density at radius 3 is 2.56 bits per heavy atom. The van der Waals surface area contributed by atoms with E-state index in [0.29, 0.717) is 37.1 Å². The number of rotatable bonds is 5. The quantitative estimate of drug-likeness (QED) is 0.568. The molecule has 0 unspecified atom stereocenters. The van der Waals surface area contributed by atoms with E-state index in [1.807, 2.05) is 6.07 Å². The minimum absolute atomic E-state index is 0.0338. The molecular weight excluding hydrogens is 408 g/mol. The molecule has 3 N–H and O–H groups in total. The fourth-order valence-electron chi connectivity index (χ4n) is 5.00. The lowest BCUT2D eigenvalue weighted by Gasteiger charge is -2.48. The van der Waals surface area contributed by atoms with Gasteiger partial charge >= 0.3 is 6.09 Å². The van der Waals surface area contributed by atoms with Crippen molar-refractivity contribution in [1.29, 1.82) is 0 Å². The maximum atomic E-state index is 12.8. The van der Waals surface area contributed by atoms with E-state index in [4.69, 9.17) is 9.47 Å². The Bertz CT molecular complexity index is 859. The average Bonchev–Trinajstić information content (AvgIpc) is 2.65. The third-order valence-corrected chi connectivity index (χ3v) is 6.48. The molecule has 3 rings (SSSR count). The number of ether oxygens (including phenoxy) is 2. The lowest BCUT2D eigenvalue weighted by molar-refractivity contribution is -0.0145. The normalized spacial score (nSPS) is 23.9. The number of aromatic hydroxyl groups is 1. The molecule has 2 aliphatic rings. The Morgan fingerprint density at radius 1 is 1.19 bits per heavy atom. The molecule has 32 heavy (non-hydrogen) atoms. The zero-order valence-corrected chi connectivity index (χ0v) is 20.2. The lowest BCUT2D eigenvalue weighted by Crippen LogP contribution is -2.46. The molecule has 178 valence electrons. The molecule has 0 radical (unpaired) electrons. The molecule has 2 amide bonds. The van der Waals surface area contributed by atoms with Crippen LogP contribution in [0.15, 0.2) is 12.1 Å². The number of hydrogen-bond donors (Lipinski definition) is 3. The minimum Gasteiger partial charge on any atom is -0.507 e. The smallest absolute Gasteiger partial charge is 0.407 e. The molecule has 1 aromatic carbocycles. The van der Waals surface area contributed by atoms with Gasteiger partial charge in [-0.15, -0.1) is 0 Å². The number of hydrogen-bond acceptors (Lipinski definition) is 5. The molecule has 1 heterocycles. The van der Waals surface area contributed by atoms with Crippen LogP contribution in [0.5, 0.6) is 11.5 Å². The summed E-state index contributed by atoms with van der Waals surface area (Å²) in [6, 6.07) is 3.44. The fraction of sp³-hybridized carbons (Fsp3) is 0.680. The van der Waals surface area contributed by atoms with Gasteiger partial charge in [-0.05, 0) is 77.8 Å². The van der Waals surface area contributed by atoms with Crippen molar-refractivity contribution in [1.82, 2.24) is 10.6 Å². The van der Waals surface area contributed by atoms with Crippen LogP contribution in [0.3, 0.4) is 0 Å². The molecule has 1 aliphatic heterocycles. The first kappa shape index (κ1) is 24.2. The molecule has 1 fully saturated rings. The Hall–Kier alpha value is -2.44. The van der Waals surface area contributed by atoms with Gasteiger partial charge in [0.25, 0.3) is 5.91 Å². The number of phenolic OH excluding ortho intramolecular Hbond substituents is 1. The van der Waals surface area contributed by atoms with E-state index < -0.39 is 11.7 Å². The van der Waals surface area contributed by atoms with Crippen molar-refractivity contribution in [2.75, 3.05) is 13.1 Å². The number of carbonyl (C=O) groups is 2. The number of fused-ring (bicyclic) bond motifs is 3. The van der Waals surface area contributed by atoms with Crippen molar-refractivity contribution in [2.24, 2.45) is 11.8 Å². The van der Waals surface area contributed by atoms with Gasteiger partial charge in [0.2, 0.25) is 0 Å². The van der Waals surface area contributed by atoms with Gasteiger partial charge in [-0.3, -0.25) is 4.79 Å². The zero-order valence-electron chi connectivity index (χ0n) is 20.2. The van der Waals surface area contributed by atoms with Crippen molar-refractivity contribution in [3.8, 4) is 11.5 Å². The number of alkyl carbamates (subject to hydrolysis) is 1. The van der Waals surface area contributed by atoms with Gasteiger partial charge in [0.15, 0.2) is 0 Å². The highest BCUT2D eigenvalue weighted by Gasteiger charge is 2.47. The van der Waals surface area contributed by atoms with Crippen LogP contribution in [0.25, 0.3) is 0 Å². The summed E-state index contributed by atoms with van der Waals surface area (Å²) >= 11 is 0. The molecule has 0 spiro atoms. The molecule has 0 aromatic heterocycles. The van der Waals surface area contributed by atoms with E-state index in [0.717, 1.165) is 24.8 Å². The standard InChI is InChI=1S/C25H38N2O5/c1-15-8-10-18-17(14-15)20-19(31-25(18,5)6)11-9-16(21(20)28)22(29)26-12-7-13-27-23(30)32-24(2,3)4/h9,11,15,17-18,28H,7-8,10,12-14H2,1-6H3,(H,26,29)(H,27,30)/t15-,17-,18-/m1/s1. The summed E-state index contributed by atoms with van der Waals surface area (Å²) in [6.45, 7) is 12.7. The highest BCUT2D eigenvalue weighted by atomic mass is 16.6. The molecule has 1 aromatic rings. The highest BCUT2D eigenvalue weighted by Crippen LogP contribution is 2.55. The minimum atomic E-state index is -0.545. The molecule has 7 heteroatoms. The Labute approximate surface area is 191 Å². The Balaban J connectivity index is 1.63. The number of benzene rings is 1. The summed E-state index contributed by atoms with van der Waals surface area (Å²) in [7, 11) is 0. The Kier molecular flexibility index (Phi) is 6.96. The van der Waals surface area contributed by atoms with Crippen molar-refractivity contribution in [2.45, 2.75) is 84.3 Å². The first-order valence-corrected chi connectivity index (χ1v) is 11.7. The second-order valence-electron chi connectivity index (χ2n) is 10.7. The number of amides is 2. The van der Waals surface area contributed by atoms with E-state index in [1.54, 1.807) is 26.8 Å². The van der Waals surface area contributed by atoms with Crippen LogP contribution in [0, 0.1) is 11.8 Å². The summed E-state index contributed by atoms with van der Waals surface area (Å²) in [6.07, 6.45) is 3.27. The van der Waals surface area contributed by atoms with Gasteiger partial charge in [-0.1, -0.05) is 13.3 Å². The number of carbonyl (C=O) groups excluding carboxylic acids is 2. The number of nitrogens with one attached hydrogen (secondary N) is 2. The molecule has 7 nitrogen and oxygen atoms in total. The van der Waals surface area contributed by atoms with E-state index in [1.165, 1.54) is 0 Å². The summed E-state index contributed by atoms with van der Waals surface area (Å²) in [5.41, 5.74) is 0.204. The van der Waals surface area contributed by atoms with Gasteiger partial charge < -0.3 is 25.2 Å². The van der Waals surface area contributed by atoms with Gasteiger partial charge in [-0.25, -0.2) is 4.79 Å². The van der Waals surface area contributed by atoms with Crippen LogP contribution in [0.4, 0.5) is 4.79 Å². The van der Waals surface area contributed by atoms with Crippen molar-refractivity contribution in [3.63, 3.8) is 0 Å². The average molecular weight is 447 g/mol. The van der Waals surface area contributed by atoms with Crippen LogP contribution >= 0.6 is 0 Å². The van der Waals surface area contributed by atoms with Crippen molar-refractivity contribution in [3.05, 3.63) is 23.3 Å². The maximum absolute atomic E-state index is 12.8. The van der Waals surface area contributed by atoms with Crippen LogP contribution in [0.1, 0.15) is 89.1 Å². The van der Waals surface area contributed by atoms with Crippen LogP contribution in [-0.2, 0) is 4.74 Å². The van der Waals surface area contributed by atoms with E-state index in [9.17, 15) is 14.7 Å². The SMILES string of the molecule is C[C@@H]1CC[C@@H]2[C@@H](C1)c1c(ccc(C(=O)NCCCNC(=O)OC(C)(C)C)c1O)OC2(C)C. The van der Waals surface area contributed by atoms with Crippen LogP contribution in [0.2, 0.25) is 0 Å². The second-order valence-corrected chi connectivity index (χ2v) is 10.7. The molecule has 1 saturated carbocycles. The molecule has 1 aliphatic carbocycles. The monoisotopic (exact) mass is 446 g/mol. The second kappa shape index (κ2) is 9.20. The highest BCUT2D eigenvalue weighted by molar-refractivity contribution is 5.97. The van der Waals surface area contributed by atoms with E-state index >= 15 is 0 Å².